The van der Waals surface area contributed by atoms with Crippen molar-refractivity contribution in [1.29, 1.82) is 0 Å². The van der Waals surface area contributed by atoms with Gasteiger partial charge < -0.3 is 0 Å². The van der Waals surface area contributed by atoms with E-state index in [0.717, 1.165) is 0 Å². The zero-order valence-corrected chi connectivity index (χ0v) is 13.1. The third kappa shape index (κ3) is 1.90. The van der Waals surface area contributed by atoms with Gasteiger partial charge >= 0.3 is 0 Å². The van der Waals surface area contributed by atoms with Gasteiger partial charge in [-0.25, -0.2) is 0 Å². The van der Waals surface area contributed by atoms with E-state index < -0.39 is 0 Å². The Morgan fingerprint density at radius 2 is 1.75 bits per heavy atom. The van der Waals surface area contributed by atoms with Gasteiger partial charge in [-0.2, -0.15) is 0 Å². The molecule has 0 bridgehead atoms. The van der Waals surface area contributed by atoms with E-state index in [9.17, 15) is 0 Å². The third-order valence-electron chi connectivity index (χ3n) is 1.52. The number of rotatable bonds is 0. The first-order valence-electron chi connectivity index (χ1n) is 3.21. The van der Waals surface area contributed by atoms with Crippen LogP contribution in [0.2, 0.25) is 0 Å². The Balaban J connectivity index is 2.88. The second-order valence-corrected chi connectivity index (χ2v) is 7.74. The van der Waals surface area contributed by atoms with Crippen molar-refractivity contribution >= 4 is 89.2 Å². The largest absolute Gasteiger partial charge is 0.129 e. The average molecular weight is 512 g/mol. The van der Waals surface area contributed by atoms with Crippen molar-refractivity contribution in [3.8, 4) is 0 Å². The molecule has 0 aliphatic heterocycles. The van der Waals surface area contributed by atoms with Crippen molar-refractivity contribution in [1.82, 2.24) is 0 Å². The highest BCUT2D eigenvalue weighted by molar-refractivity contribution is 14.1. The van der Waals surface area contributed by atoms with E-state index >= 15 is 0 Å². The summed E-state index contributed by atoms with van der Waals surface area (Å²) in [5.41, 5.74) is 0. The second-order valence-electron chi connectivity index (χ2n) is 2.35. The third-order valence-corrected chi connectivity index (χ3v) is 4.88. The van der Waals surface area contributed by atoms with Crippen LogP contribution in [0.1, 0.15) is 0 Å². The fraction of sp³-hybridized carbons (Fsp3) is 0. The van der Waals surface area contributed by atoms with Crippen molar-refractivity contribution in [3.63, 3.8) is 0 Å². The lowest BCUT2D eigenvalue weighted by atomic mass is 10.3. The Bertz CT molecular complexity index is 433. The van der Waals surface area contributed by atoms with Gasteiger partial charge in [0, 0.05) is 17.2 Å². The molecule has 0 spiro atoms. The monoisotopic (exact) mass is 512 g/mol. The minimum absolute atomic E-state index is 1.32. The predicted octanol–water partition coefficient (Wildman–Crippen LogP) is 4.72. The Morgan fingerprint density at radius 1 is 1.00 bits per heavy atom. The highest BCUT2D eigenvalue weighted by Gasteiger charge is 2.03. The molecule has 4 heteroatoms. The van der Waals surface area contributed by atoms with Crippen LogP contribution in [0, 0.1) is 10.0 Å². The first kappa shape index (κ1) is 9.91. The van der Waals surface area contributed by atoms with Gasteiger partial charge in [0.15, 0.2) is 0 Å². The minimum Gasteiger partial charge on any atom is -0.129 e. The van der Waals surface area contributed by atoms with Gasteiger partial charge in [0.1, 0.15) is 0 Å². The highest BCUT2D eigenvalue weighted by Crippen LogP contribution is 2.31. The van der Waals surface area contributed by atoms with E-state index in [-0.39, 0.29) is 0 Å². The van der Waals surface area contributed by atoms with Crippen LogP contribution in [0.5, 0.6) is 0 Å². The van der Waals surface area contributed by atoms with Gasteiger partial charge in [0.2, 0.25) is 0 Å². The molecule has 0 N–H and O–H groups in total. The molecule has 1 aromatic carbocycles. The van der Waals surface area contributed by atoms with E-state index in [1.165, 1.54) is 20.1 Å². The Morgan fingerprint density at radius 3 is 2.50 bits per heavy atom. The zero-order valence-electron chi connectivity index (χ0n) is 5.77. The van der Waals surface area contributed by atoms with Crippen LogP contribution in [0.4, 0.5) is 0 Å². The quantitative estimate of drug-likeness (QED) is 0.449. The molecule has 12 heavy (non-hydrogen) atoms. The molecule has 62 valence electrons. The van der Waals surface area contributed by atoms with Crippen LogP contribution < -0.4 is 0 Å². The van der Waals surface area contributed by atoms with Crippen LogP contribution in [0.3, 0.4) is 0 Å². The Kier molecular flexibility index (Phi) is 3.18. The molecule has 2 rings (SSSR count). The second kappa shape index (κ2) is 3.85. The fourth-order valence-electron chi connectivity index (χ4n) is 1.03. The number of fused-ring (bicyclic) bond motifs is 1. The Hall–Kier alpha value is 1.37. The van der Waals surface area contributed by atoms with Crippen molar-refractivity contribution in [3.05, 3.63) is 28.2 Å². The summed E-state index contributed by atoms with van der Waals surface area (Å²) in [4.78, 5) is 0. The Labute approximate surface area is 116 Å². The molecule has 1 aromatic heterocycles. The molecule has 0 saturated carbocycles. The summed E-state index contributed by atoms with van der Waals surface area (Å²) in [6.45, 7) is 0. The maximum atomic E-state index is 2.40. The van der Waals surface area contributed by atoms with Crippen molar-refractivity contribution in [2.45, 2.75) is 0 Å². The molecule has 0 atom stereocenters. The molecule has 0 radical (unpaired) electrons. The molecule has 0 fully saturated rings. The van der Waals surface area contributed by atoms with Gasteiger partial charge in [0.05, 0.1) is 2.88 Å². The highest BCUT2D eigenvalue weighted by atomic mass is 127. The summed E-state index contributed by atoms with van der Waals surface area (Å²) in [6.07, 6.45) is 0. The first-order valence-corrected chi connectivity index (χ1v) is 7.26. The molecule has 2 aromatic rings. The zero-order chi connectivity index (χ0) is 8.72. The average Bonchev–Trinajstić information content (AvgIpc) is 2.29. The van der Waals surface area contributed by atoms with Gasteiger partial charge in [-0.15, -0.1) is 11.3 Å². The molecular formula is C8H3I3S. The number of benzene rings is 1. The molecule has 0 unspecified atom stereocenters. The van der Waals surface area contributed by atoms with E-state index in [1.54, 1.807) is 0 Å². The minimum atomic E-state index is 1.32. The molecular weight excluding hydrogens is 509 g/mol. The summed E-state index contributed by atoms with van der Waals surface area (Å²) in [6, 6.07) is 6.70. The van der Waals surface area contributed by atoms with E-state index in [0.29, 0.717) is 0 Å². The van der Waals surface area contributed by atoms with Gasteiger partial charge in [-0.05, 0) is 86.0 Å². The maximum Gasteiger partial charge on any atom is 0.0666 e. The van der Waals surface area contributed by atoms with E-state index in [4.69, 9.17) is 0 Å². The predicted molar refractivity (Wildman–Crippen MR) is 80.0 cm³/mol. The van der Waals surface area contributed by atoms with Crippen LogP contribution in [-0.4, -0.2) is 0 Å². The summed E-state index contributed by atoms with van der Waals surface area (Å²) in [5, 5.41) is 1.39. The van der Waals surface area contributed by atoms with E-state index in [1.807, 2.05) is 11.3 Å². The first-order chi connectivity index (χ1) is 5.66. The topological polar surface area (TPSA) is 0 Å². The number of hydrogen-bond donors (Lipinski definition) is 0. The standard InChI is InChI=1S/C8H3I3S/c9-4-1-6(10)5-3-8(11)12-7(5)2-4/h1-3H. The van der Waals surface area contributed by atoms with E-state index in [2.05, 4.69) is 86.0 Å². The number of hydrogen-bond acceptors (Lipinski definition) is 1. The van der Waals surface area contributed by atoms with Crippen LogP contribution in [0.25, 0.3) is 10.1 Å². The van der Waals surface area contributed by atoms with Crippen LogP contribution >= 0.6 is 79.1 Å². The van der Waals surface area contributed by atoms with Crippen LogP contribution in [-0.2, 0) is 0 Å². The summed E-state index contributed by atoms with van der Waals surface area (Å²) in [5.74, 6) is 0. The molecule has 0 nitrogen and oxygen atoms in total. The lowest BCUT2D eigenvalue weighted by Gasteiger charge is -1.94. The van der Waals surface area contributed by atoms with Crippen molar-refractivity contribution in [2.24, 2.45) is 0 Å². The summed E-state index contributed by atoms with van der Waals surface area (Å²) >= 11 is 8.99. The smallest absolute Gasteiger partial charge is 0.0666 e. The van der Waals surface area contributed by atoms with Gasteiger partial charge in [-0.3, -0.25) is 0 Å². The lowest BCUT2D eigenvalue weighted by molar-refractivity contribution is 1.71. The normalized spacial score (nSPS) is 10.9. The number of thiophene rings is 1. The van der Waals surface area contributed by atoms with Crippen molar-refractivity contribution < 1.29 is 0 Å². The summed E-state index contributed by atoms with van der Waals surface area (Å²) < 4.78 is 5.44. The molecule has 0 aliphatic carbocycles. The molecule has 0 saturated heterocycles. The molecule has 1 heterocycles. The molecule has 0 amide bonds. The SMILES string of the molecule is Ic1cc(I)c2cc(I)sc2c1. The van der Waals surface area contributed by atoms with Gasteiger partial charge in [0.25, 0.3) is 0 Å². The fourth-order valence-corrected chi connectivity index (χ4v) is 5.30. The van der Waals surface area contributed by atoms with Gasteiger partial charge in [-0.1, -0.05) is 0 Å². The van der Waals surface area contributed by atoms with Crippen molar-refractivity contribution in [2.75, 3.05) is 0 Å². The molecule has 0 aliphatic rings. The lowest BCUT2D eigenvalue weighted by Crippen LogP contribution is -1.74. The number of halogens is 3. The van der Waals surface area contributed by atoms with Crippen LogP contribution in [0.15, 0.2) is 18.2 Å². The maximum absolute atomic E-state index is 2.40. The summed E-state index contributed by atoms with van der Waals surface area (Å²) in [7, 11) is 0.